The van der Waals surface area contributed by atoms with E-state index in [1.54, 1.807) is 21.6 Å². The molecule has 2 atom stereocenters. The minimum absolute atomic E-state index is 0.0306. The number of rotatable bonds is 23. The Balaban J connectivity index is 3.79. The lowest BCUT2D eigenvalue weighted by Crippen LogP contribution is -2.31. The summed E-state index contributed by atoms with van der Waals surface area (Å²) in [5.74, 6) is -1.07. The molecule has 2 amide bonds. The molecule has 1 unspecified atom stereocenters. The van der Waals surface area contributed by atoms with E-state index in [2.05, 4.69) is 24.5 Å². The molecule has 0 bridgehead atoms. The van der Waals surface area contributed by atoms with Crippen LogP contribution in [0.25, 0.3) is 0 Å². The molecule has 0 aliphatic rings. The molecule has 0 fully saturated rings. The molecule has 38 heavy (non-hydrogen) atoms. The van der Waals surface area contributed by atoms with Crippen molar-refractivity contribution in [2.75, 3.05) is 65.1 Å². The first-order valence-electron chi connectivity index (χ1n) is 11.8. The van der Waals surface area contributed by atoms with E-state index in [-0.39, 0.29) is 45.5 Å². The highest BCUT2D eigenvalue weighted by atomic mass is 33.1. The average Bonchev–Trinajstić information content (AvgIpc) is 2.82. The Morgan fingerprint density at radius 3 is 2.18 bits per heavy atom. The van der Waals surface area contributed by atoms with Crippen LogP contribution in [0.3, 0.4) is 0 Å². The number of nitrogens with one attached hydrogen (secondary N) is 2. The van der Waals surface area contributed by atoms with E-state index < -0.39 is 38.4 Å². The topological polar surface area (TPSA) is 185 Å². The molecule has 0 spiro atoms. The third kappa shape index (κ3) is 24.9. The van der Waals surface area contributed by atoms with Crippen molar-refractivity contribution in [1.82, 2.24) is 10.6 Å². The van der Waals surface area contributed by atoms with Crippen molar-refractivity contribution in [1.29, 1.82) is 0 Å². The lowest BCUT2D eigenvalue weighted by atomic mass is 10.4. The first-order chi connectivity index (χ1) is 17.9. The van der Waals surface area contributed by atoms with Crippen molar-refractivity contribution in [3.05, 3.63) is 0 Å². The molecule has 0 aromatic carbocycles. The zero-order valence-corrected chi connectivity index (χ0v) is 24.7. The lowest BCUT2D eigenvalue weighted by Gasteiger charge is -2.18. The maximum atomic E-state index is 11.9. The molecule has 0 aliphatic carbocycles. The monoisotopic (exact) mass is 606 g/mol. The molecule has 0 saturated carbocycles. The van der Waals surface area contributed by atoms with Crippen LogP contribution in [-0.2, 0) is 51.7 Å². The van der Waals surface area contributed by atoms with Gasteiger partial charge in [-0.3, -0.25) is 28.2 Å². The largest absolute Gasteiger partial charge is 0.472 e. The zero-order chi connectivity index (χ0) is 28.8. The molecule has 0 radical (unpaired) electrons. The summed E-state index contributed by atoms with van der Waals surface area (Å²) in [6, 6.07) is 0. The van der Waals surface area contributed by atoms with E-state index in [1.165, 1.54) is 0 Å². The van der Waals surface area contributed by atoms with Crippen molar-refractivity contribution in [2.45, 2.75) is 45.5 Å². The third-order valence-corrected chi connectivity index (χ3v) is 7.69. The molecule has 0 heterocycles. The van der Waals surface area contributed by atoms with Gasteiger partial charge in [-0.05, 0) is 0 Å². The van der Waals surface area contributed by atoms with Gasteiger partial charge in [0.15, 0.2) is 6.10 Å². The minimum Gasteiger partial charge on any atom is -0.462 e. The minimum atomic E-state index is -4.51. The Labute approximate surface area is 230 Å². The van der Waals surface area contributed by atoms with Crippen molar-refractivity contribution in [2.24, 2.45) is 0 Å². The lowest BCUT2D eigenvalue weighted by molar-refractivity contribution is -0.158. The van der Waals surface area contributed by atoms with Gasteiger partial charge in [0, 0.05) is 44.4 Å². The Bertz CT molecular complexity index is 760. The van der Waals surface area contributed by atoms with Crippen LogP contribution in [0.5, 0.6) is 0 Å². The van der Waals surface area contributed by atoms with Gasteiger partial charge in [-0.25, -0.2) is 4.57 Å². The molecule has 222 valence electrons. The van der Waals surface area contributed by atoms with Crippen LogP contribution < -0.4 is 10.6 Å². The second-order valence-corrected chi connectivity index (χ2v) is 12.2. The van der Waals surface area contributed by atoms with E-state index in [0.29, 0.717) is 24.8 Å². The van der Waals surface area contributed by atoms with Gasteiger partial charge in [-0.2, -0.15) is 0 Å². The summed E-state index contributed by atoms with van der Waals surface area (Å²) < 4.78 is 41.4. The second-order valence-electron chi connectivity index (χ2n) is 7.71. The van der Waals surface area contributed by atoms with Crippen LogP contribution in [0.2, 0.25) is 0 Å². The first kappa shape index (κ1) is 36.6. The summed E-state index contributed by atoms with van der Waals surface area (Å²) in [7, 11) is -1.10. The van der Waals surface area contributed by atoms with Crippen LogP contribution in [-0.4, -0.2) is 105 Å². The van der Waals surface area contributed by atoms with Crippen LogP contribution in [0.1, 0.15) is 34.1 Å². The smallest absolute Gasteiger partial charge is 0.462 e. The molecule has 17 heteroatoms. The van der Waals surface area contributed by atoms with Crippen molar-refractivity contribution < 1.29 is 56.6 Å². The summed E-state index contributed by atoms with van der Waals surface area (Å²) in [4.78, 5) is 55.0. The van der Waals surface area contributed by atoms with Gasteiger partial charge < -0.3 is 34.5 Å². The molecular weight excluding hydrogens is 567 g/mol. The quantitative estimate of drug-likeness (QED) is 0.0649. The Hall–Kier alpha value is -1.39. The number of phosphoric acid groups is 1. The van der Waals surface area contributed by atoms with Gasteiger partial charge in [0.1, 0.15) is 13.2 Å². The van der Waals surface area contributed by atoms with Gasteiger partial charge in [0.2, 0.25) is 11.8 Å². The van der Waals surface area contributed by atoms with E-state index in [9.17, 15) is 28.6 Å². The Kier molecular flexibility index (Phi) is 21.6. The predicted octanol–water partition coefficient (Wildman–Crippen LogP) is 1.06. The first-order valence-corrected chi connectivity index (χ1v) is 15.7. The Morgan fingerprint density at radius 1 is 0.868 bits per heavy atom. The number of phosphoric ester groups is 1. The molecule has 3 N–H and O–H groups in total. The fourth-order valence-corrected chi connectivity index (χ4v) is 4.98. The fraction of sp³-hybridized carbons (Fsp3) is 0.810. The number of carbonyl (C=O) groups excluding carboxylic acids is 4. The van der Waals surface area contributed by atoms with E-state index >= 15 is 0 Å². The van der Waals surface area contributed by atoms with Gasteiger partial charge in [-0.15, -0.1) is 0 Å². The third-order valence-electron chi connectivity index (χ3n) is 3.75. The Morgan fingerprint density at radius 2 is 1.53 bits per heavy atom. The highest BCUT2D eigenvalue weighted by Gasteiger charge is 2.25. The standard InChI is InChI=1S/C21H39N2O12PS2/c1-16(2)38-37-12-5-20(26)22-6-8-30-10-11-31-15-21(27)23-7-9-33-36(28,29)34-14-19(35-18(4)25)13-32-17(3)24/h16,19H,5-15H2,1-4H3,(H,22,26)(H,23,27)(H,28,29)/t19-/m1/s1. The maximum Gasteiger partial charge on any atom is 0.472 e. The van der Waals surface area contributed by atoms with Crippen molar-refractivity contribution >= 4 is 53.2 Å². The van der Waals surface area contributed by atoms with Gasteiger partial charge in [0.05, 0.1) is 33.0 Å². The highest BCUT2D eigenvalue weighted by Crippen LogP contribution is 2.43. The summed E-state index contributed by atoms with van der Waals surface area (Å²) in [6.07, 6.45) is -0.645. The number of amides is 2. The average molecular weight is 607 g/mol. The van der Waals surface area contributed by atoms with E-state index in [0.717, 1.165) is 19.6 Å². The van der Waals surface area contributed by atoms with Crippen molar-refractivity contribution in [3.8, 4) is 0 Å². The number of ether oxygens (including phenoxy) is 4. The maximum absolute atomic E-state index is 11.9. The fourth-order valence-electron chi connectivity index (χ4n) is 2.23. The molecule has 0 aromatic heterocycles. The second kappa shape index (κ2) is 22.4. The number of carbonyl (C=O) groups is 4. The predicted molar refractivity (Wildman–Crippen MR) is 141 cm³/mol. The molecular formula is C21H39N2O12PS2. The zero-order valence-electron chi connectivity index (χ0n) is 22.1. The SMILES string of the molecule is CC(=O)OC[C@H](COP(=O)(O)OCCNC(=O)COCCOCCNC(=O)CCSSC(C)C)OC(C)=O. The molecule has 14 nitrogen and oxygen atoms in total. The van der Waals surface area contributed by atoms with Crippen LogP contribution in [0.4, 0.5) is 0 Å². The van der Waals surface area contributed by atoms with E-state index in [4.69, 9.17) is 28.0 Å². The van der Waals surface area contributed by atoms with Crippen molar-refractivity contribution in [3.63, 3.8) is 0 Å². The van der Waals surface area contributed by atoms with Gasteiger partial charge >= 0.3 is 19.8 Å². The van der Waals surface area contributed by atoms with Gasteiger partial charge in [0.25, 0.3) is 0 Å². The van der Waals surface area contributed by atoms with Crippen LogP contribution in [0, 0.1) is 0 Å². The van der Waals surface area contributed by atoms with E-state index in [1.807, 2.05) is 0 Å². The molecule has 0 rings (SSSR count). The highest BCUT2D eigenvalue weighted by molar-refractivity contribution is 8.76. The summed E-state index contributed by atoms with van der Waals surface area (Å²) >= 11 is 0. The molecule has 0 saturated heterocycles. The normalized spacial score (nSPS) is 13.4. The summed E-state index contributed by atoms with van der Waals surface area (Å²) in [5, 5.41) is 5.72. The van der Waals surface area contributed by atoms with Gasteiger partial charge in [-0.1, -0.05) is 35.4 Å². The van der Waals surface area contributed by atoms with Crippen LogP contribution >= 0.6 is 29.4 Å². The van der Waals surface area contributed by atoms with Crippen LogP contribution in [0.15, 0.2) is 0 Å². The summed E-state index contributed by atoms with van der Waals surface area (Å²) in [6.45, 7) is 5.98. The molecule has 0 aliphatic heterocycles. The number of hydrogen-bond acceptors (Lipinski definition) is 13. The summed E-state index contributed by atoms with van der Waals surface area (Å²) in [5.41, 5.74) is 0. The molecule has 0 aromatic rings. The number of esters is 2. The number of hydrogen-bond donors (Lipinski definition) is 3.